The van der Waals surface area contributed by atoms with Crippen molar-refractivity contribution in [1.82, 2.24) is 5.32 Å². The molecule has 0 aromatic rings. The second kappa shape index (κ2) is 6.41. The maximum Gasteiger partial charge on any atom is 0.392 e. The Morgan fingerprint density at radius 2 is 2.00 bits per heavy atom. The van der Waals surface area contributed by atoms with Crippen molar-refractivity contribution < 1.29 is 18.0 Å². The van der Waals surface area contributed by atoms with Gasteiger partial charge in [-0.1, -0.05) is 12.8 Å². The third-order valence-electron chi connectivity index (χ3n) is 3.40. The molecule has 1 saturated carbocycles. The van der Waals surface area contributed by atoms with Crippen molar-refractivity contribution in [2.75, 3.05) is 6.54 Å². The molecule has 1 rings (SSSR count). The first-order chi connectivity index (χ1) is 8.30. The van der Waals surface area contributed by atoms with Gasteiger partial charge in [0, 0.05) is 19.0 Å². The molecule has 3 nitrogen and oxygen atoms in total. The lowest BCUT2D eigenvalue weighted by molar-refractivity contribution is -0.195. The van der Waals surface area contributed by atoms with Gasteiger partial charge in [-0.25, -0.2) is 0 Å². The smallest absolute Gasteiger partial charge is 0.356 e. The summed E-state index contributed by atoms with van der Waals surface area (Å²) in [6.07, 6.45) is -1.87. The van der Waals surface area contributed by atoms with E-state index in [0.717, 1.165) is 6.42 Å². The Balaban J connectivity index is 2.45. The monoisotopic (exact) mass is 266 g/mol. The minimum absolute atomic E-state index is 0.107. The highest BCUT2D eigenvalue weighted by Crippen LogP contribution is 2.41. The van der Waals surface area contributed by atoms with E-state index in [1.165, 1.54) is 0 Å². The van der Waals surface area contributed by atoms with Crippen molar-refractivity contribution in [3.05, 3.63) is 0 Å². The van der Waals surface area contributed by atoms with Crippen molar-refractivity contribution in [1.29, 1.82) is 0 Å². The van der Waals surface area contributed by atoms with E-state index in [2.05, 4.69) is 5.32 Å². The number of nitrogens with two attached hydrogens (primary N) is 1. The van der Waals surface area contributed by atoms with E-state index in [1.807, 2.05) is 0 Å². The average molecular weight is 266 g/mol. The fourth-order valence-electron chi connectivity index (χ4n) is 2.49. The first-order valence-electron chi connectivity index (χ1n) is 6.39. The van der Waals surface area contributed by atoms with Gasteiger partial charge in [-0.05, 0) is 25.7 Å². The number of halogens is 3. The summed E-state index contributed by atoms with van der Waals surface area (Å²) in [5.41, 5.74) is 5.46. The van der Waals surface area contributed by atoms with Gasteiger partial charge < -0.3 is 11.1 Å². The number of amides is 1. The Hall–Kier alpha value is -0.780. The fraction of sp³-hybridized carbons (Fsp3) is 0.917. The Kier molecular flexibility index (Phi) is 5.44. The molecular weight excluding hydrogens is 245 g/mol. The molecule has 18 heavy (non-hydrogen) atoms. The van der Waals surface area contributed by atoms with Crippen LogP contribution in [0.25, 0.3) is 0 Å². The highest BCUT2D eigenvalue weighted by Gasteiger charge is 2.45. The average Bonchev–Trinajstić information content (AvgIpc) is 2.24. The van der Waals surface area contributed by atoms with Crippen LogP contribution in [-0.4, -0.2) is 24.7 Å². The van der Waals surface area contributed by atoms with Crippen LogP contribution >= 0.6 is 0 Å². The van der Waals surface area contributed by atoms with Gasteiger partial charge in [0.05, 0.1) is 5.92 Å². The van der Waals surface area contributed by atoms with E-state index >= 15 is 0 Å². The van der Waals surface area contributed by atoms with Crippen LogP contribution in [0.15, 0.2) is 0 Å². The number of nitrogens with one attached hydrogen (secondary N) is 1. The highest BCUT2D eigenvalue weighted by atomic mass is 19.4. The molecule has 0 bridgehead atoms. The molecule has 3 atom stereocenters. The quantitative estimate of drug-likeness (QED) is 0.819. The van der Waals surface area contributed by atoms with Crippen LogP contribution < -0.4 is 11.1 Å². The molecule has 0 spiro atoms. The fourth-order valence-corrected chi connectivity index (χ4v) is 2.49. The summed E-state index contributed by atoms with van der Waals surface area (Å²) >= 11 is 0. The molecule has 6 heteroatoms. The molecule has 0 aromatic carbocycles. The standard InChI is InChI=1S/C12H21F3N2O/c1-8(16)6-11(18)17-7-9-4-2-3-5-10(9)12(13,14)15/h8-10H,2-7,16H2,1H3,(H,17,18). The number of carbonyl (C=O) groups excluding carboxylic acids is 1. The molecular formula is C12H21F3N2O. The molecule has 0 aromatic heterocycles. The van der Waals surface area contributed by atoms with E-state index in [1.54, 1.807) is 6.92 Å². The number of carbonyl (C=O) groups is 1. The van der Waals surface area contributed by atoms with Crippen LogP contribution in [0.3, 0.4) is 0 Å². The normalized spacial score (nSPS) is 26.7. The van der Waals surface area contributed by atoms with Gasteiger partial charge in [0.25, 0.3) is 0 Å². The minimum atomic E-state index is -4.16. The highest BCUT2D eigenvalue weighted by molar-refractivity contribution is 5.76. The predicted molar refractivity (Wildman–Crippen MR) is 62.8 cm³/mol. The molecule has 3 unspecified atom stereocenters. The first-order valence-corrected chi connectivity index (χ1v) is 6.39. The zero-order valence-electron chi connectivity index (χ0n) is 10.6. The van der Waals surface area contributed by atoms with Gasteiger partial charge in [-0.15, -0.1) is 0 Å². The van der Waals surface area contributed by atoms with E-state index in [4.69, 9.17) is 5.73 Å². The summed E-state index contributed by atoms with van der Waals surface area (Å²) < 4.78 is 38.4. The summed E-state index contributed by atoms with van der Waals surface area (Å²) in [6, 6.07) is -0.269. The zero-order valence-corrected chi connectivity index (χ0v) is 10.6. The molecule has 1 aliphatic rings. The van der Waals surface area contributed by atoms with E-state index in [0.29, 0.717) is 12.8 Å². The van der Waals surface area contributed by atoms with Crippen molar-refractivity contribution in [2.24, 2.45) is 17.6 Å². The van der Waals surface area contributed by atoms with Gasteiger partial charge >= 0.3 is 6.18 Å². The third kappa shape index (κ3) is 4.84. The van der Waals surface area contributed by atoms with Crippen LogP contribution in [0.5, 0.6) is 0 Å². The maximum absolute atomic E-state index is 12.8. The number of rotatable bonds is 4. The summed E-state index contributed by atoms with van der Waals surface area (Å²) in [4.78, 5) is 11.4. The molecule has 1 aliphatic carbocycles. The summed E-state index contributed by atoms with van der Waals surface area (Å²) in [6.45, 7) is 1.80. The third-order valence-corrected chi connectivity index (χ3v) is 3.40. The van der Waals surface area contributed by atoms with Crippen LogP contribution in [0.1, 0.15) is 39.0 Å². The number of hydrogen-bond donors (Lipinski definition) is 2. The van der Waals surface area contributed by atoms with Crippen molar-refractivity contribution in [3.63, 3.8) is 0 Å². The van der Waals surface area contributed by atoms with Crippen LogP contribution in [0, 0.1) is 11.8 Å². The molecule has 0 heterocycles. The largest absolute Gasteiger partial charge is 0.392 e. The zero-order chi connectivity index (χ0) is 13.8. The van der Waals surface area contributed by atoms with Gasteiger partial charge in [-0.3, -0.25) is 4.79 Å². The topological polar surface area (TPSA) is 55.1 Å². The first kappa shape index (κ1) is 15.3. The van der Waals surface area contributed by atoms with Gasteiger partial charge in [0.2, 0.25) is 5.91 Å². The lowest BCUT2D eigenvalue weighted by Crippen LogP contribution is -2.41. The van der Waals surface area contributed by atoms with Crippen molar-refractivity contribution in [2.45, 2.75) is 51.2 Å². The van der Waals surface area contributed by atoms with Gasteiger partial charge in [0.1, 0.15) is 0 Å². The second-order valence-corrected chi connectivity index (χ2v) is 5.18. The van der Waals surface area contributed by atoms with Gasteiger partial charge in [-0.2, -0.15) is 13.2 Å². The Bertz CT molecular complexity index is 279. The second-order valence-electron chi connectivity index (χ2n) is 5.18. The van der Waals surface area contributed by atoms with Crippen LogP contribution in [-0.2, 0) is 4.79 Å². The molecule has 3 N–H and O–H groups in total. The Morgan fingerprint density at radius 3 is 2.56 bits per heavy atom. The van der Waals surface area contributed by atoms with E-state index in [9.17, 15) is 18.0 Å². The Labute approximate surface area is 105 Å². The van der Waals surface area contributed by atoms with Gasteiger partial charge in [0.15, 0.2) is 0 Å². The molecule has 1 amide bonds. The lowest BCUT2D eigenvalue weighted by Gasteiger charge is -2.33. The van der Waals surface area contributed by atoms with E-state index < -0.39 is 18.0 Å². The molecule has 0 aliphatic heterocycles. The summed E-state index contributed by atoms with van der Waals surface area (Å²) in [7, 11) is 0. The maximum atomic E-state index is 12.8. The van der Waals surface area contributed by atoms with Crippen molar-refractivity contribution in [3.8, 4) is 0 Å². The van der Waals surface area contributed by atoms with E-state index in [-0.39, 0.29) is 31.3 Å². The SMILES string of the molecule is CC(N)CC(=O)NCC1CCCCC1C(F)(F)F. The minimum Gasteiger partial charge on any atom is -0.356 e. The number of hydrogen-bond acceptors (Lipinski definition) is 2. The molecule has 106 valence electrons. The van der Waals surface area contributed by atoms with Crippen LogP contribution in [0.2, 0.25) is 0 Å². The van der Waals surface area contributed by atoms with Crippen LogP contribution in [0.4, 0.5) is 13.2 Å². The predicted octanol–water partition coefficient (Wildman–Crippen LogP) is 2.21. The Morgan fingerprint density at radius 1 is 1.39 bits per heavy atom. The molecule has 1 fully saturated rings. The number of alkyl halides is 3. The lowest BCUT2D eigenvalue weighted by atomic mass is 9.78. The summed E-state index contributed by atoms with van der Waals surface area (Å²) in [5, 5.41) is 2.57. The summed E-state index contributed by atoms with van der Waals surface area (Å²) in [5.74, 6) is -2.03. The molecule has 0 radical (unpaired) electrons. The van der Waals surface area contributed by atoms with Crippen molar-refractivity contribution >= 4 is 5.91 Å². The molecule has 0 saturated heterocycles.